The molecule has 0 unspecified atom stereocenters. The van der Waals surface area contributed by atoms with Gasteiger partial charge in [0.1, 0.15) is 0 Å². The second-order valence-corrected chi connectivity index (χ2v) is 5.59. The van der Waals surface area contributed by atoms with Gasteiger partial charge in [-0.1, -0.05) is 29.8 Å². The molecule has 3 heteroatoms. The Hall–Kier alpha value is -1.19. The minimum atomic E-state index is 0.903. The molecule has 2 aromatic rings. The van der Waals surface area contributed by atoms with Crippen molar-refractivity contribution in [2.24, 2.45) is 0 Å². The lowest BCUT2D eigenvalue weighted by Gasteiger charge is -2.17. The molecule has 0 fully saturated rings. The van der Waals surface area contributed by atoms with Crippen LogP contribution < -0.4 is 0 Å². The van der Waals surface area contributed by atoms with E-state index in [0.29, 0.717) is 0 Å². The third kappa shape index (κ3) is 3.93. The van der Waals surface area contributed by atoms with Gasteiger partial charge < -0.3 is 0 Å². The predicted octanol–water partition coefficient (Wildman–Crippen LogP) is 3.78. The summed E-state index contributed by atoms with van der Waals surface area (Å²) in [5, 5.41) is 0. The van der Waals surface area contributed by atoms with E-state index in [9.17, 15) is 0 Å². The zero-order valence-electron chi connectivity index (χ0n) is 10.7. The van der Waals surface area contributed by atoms with E-state index in [-0.39, 0.29) is 0 Å². The number of aryl methyl sites for hydroxylation is 1. The van der Waals surface area contributed by atoms with Gasteiger partial charge in [-0.25, -0.2) is 0 Å². The van der Waals surface area contributed by atoms with Crippen molar-refractivity contribution < 1.29 is 0 Å². The smallest absolute Gasteiger partial charge is 0.0410 e. The molecule has 1 aromatic heterocycles. The molecule has 0 bridgehead atoms. The lowest BCUT2D eigenvalue weighted by molar-refractivity contribution is 0.318. The minimum Gasteiger partial charge on any atom is -0.298 e. The van der Waals surface area contributed by atoms with Gasteiger partial charge in [0.05, 0.1) is 0 Å². The highest BCUT2D eigenvalue weighted by Gasteiger charge is 2.03. The van der Waals surface area contributed by atoms with E-state index in [2.05, 4.69) is 70.1 Å². The van der Waals surface area contributed by atoms with Crippen molar-refractivity contribution in [3.63, 3.8) is 0 Å². The molecule has 0 N–H and O–H groups in total. The Morgan fingerprint density at radius 2 is 1.89 bits per heavy atom. The predicted molar refractivity (Wildman–Crippen MR) is 78.3 cm³/mol. The summed E-state index contributed by atoms with van der Waals surface area (Å²) in [6, 6.07) is 10.7. The lowest BCUT2D eigenvalue weighted by Crippen LogP contribution is -2.17. The highest BCUT2D eigenvalue weighted by Crippen LogP contribution is 2.13. The Morgan fingerprint density at radius 1 is 1.11 bits per heavy atom. The molecule has 2 rings (SSSR count). The molecule has 18 heavy (non-hydrogen) atoms. The molecule has 0 atom stereocenters. The van der Waals surface area contributed by atoms with Crippen LogP contribution >= 0.6 is 15.9 Å². The zero-order chi connectivity index (χ0) is 13.0. The number of halogens is 1. The van der Waals surface area contributed by atoms with E-state index in [1.165, 1.54) is 16.7 Å². The van der Waals surface area contributed by atoms with Gasteiger partial charge in [-0.3, -0.25) is 9.88 Å². The van der Waals surface area contributed by atoms with E-state index in [0.717, 1.165) is 17.6 Å². The van der Waals surface area contributed by atoms with Gasteiger partial charge in [0.15, 0.2) is 0 Å². The molecule has 1 heterocycles. The third-order valence-electron chi connectivity index (χ3n) is 2.75. The second kappa shape index (κ2) is 6.12. The minimum absolute atomic E-state index is 0.903. The molecular weight excluding hydrogens is 288 g/mol. The Bertz CT molecular complexity index is 478. The summed E-state index contributed by atoms with van der Waals surface area (Å²) >= 11 is 3.45. The quantitative estimate of drug-likeness (QED) is 0.854. The number of aromatic nitrogens is 1. The monoisotopic (exact) mass is 304 g/mol. The maximum absolute atomic E-state index is 4.18. The molecule has 94 valence electrons. The summed E-state index contributed by atoms with van der Waals surface area (Å²) in [4.78, 5) is 6.47. The molecule has 0 amide bonds. The molecule has 0 saturated heterocycles. The summed E-state index contributed by atoms with van der Waals surface area (Å²) in [5.74, 6) is 0. The van der Waals surface area contributed by atoms with Gasteiger partial charge in [0.2, 0.25) is 0 Å². The van der Waals surface area contributed by atoms with Crippen LogP contribution in [0.25, 0.3) is 0 Å². The Balaban J connectivity index is 1.98. The molecule has 2 nitrogen and oxygen atoms in total. The first-order valence-electron chi connectivity index (χ1n) is 5.97. The van der Waals surface area contributed by atoms with Crippen molar-refractivity contribution in [3.05, 3.63) is 63.9 Å². The second-order valence-electron chi connectivity index (χ2n) is 4.67. The number of hydrogen-bond donors (Lipinski definition) is 0. The van der Waals surface area contributed by atoms with Crippen LogP contribution in [-0.2, 0) is 13.1 Å². The molecular formula is C15H17BrN2. The van der Waals surface area contributed by atoms with E-state index >= 15 is 0 Å². The SMILES string of the molecule is Cc1cccc(CN(C)Cc2cncc(Br)c2)c1. The largest absolute Gasteiger partial charge is 0.298 e. The van der Waals surface area contributed by atoms with Gasteiger partial charge in [-0.15, -0.1) is 0 Å². The Kier molecular flexibility index (Phi) is 4.50. The average molecular weight is 305 g/mol. The molecule has 0 aliphatic heterocycles. The number of hydrogen-bond acceptors (Lipinski definition) is 2. The maximum Gasteiger partial charge on any atom is 0.0410 e. The van der Waals surface area contributed by atoms with Crippen molar-refractivity contribution in [2.75, 3.05) is 7.05 Å². The van der Waals surface area contributed by atoms with Gasteiger partial charge in [-0.05, 0) is 47.1 Å². The van der Waals surface area contributed by atoms with Crippen LogP contribution in [0, 0.1) is 6.92 Å². The summed E-state index contributed by atoms with van der Waals surface area (Å²) in [5.41, 5.74) is 3.88. The summed E-state index contributed by atoms with van der Waals surface area (Å²) < 4.78 is 1.03. The van der Waals surface area contributed by atoms with E-state index in [4.69, 9.17) is 0 Å². The molecule has 0 spiro atoms. The first-order chi connectivity index (χ1) is 8.63. The van der Waals surface area contributed by atoms with Crippen LogP contribution in [0.4, 0.5) is 0 Å². The van der Waals surface area contributed by atoms with E-state index in [1.54, 1.807) is 0 Å². The molecule has 0 aliphatic carbocycles. The van der Waals surface area contributed by atoms with Crippen molar-refractivity contribution in [1.29, 1.82) is 0 Å². The van der Waals surface area contributed by atoms with Gasteiger partial charge in [0, 0.05) is 30.0 Å². The van der Waals surface area contributed by atoms with Crippen molar-refractivity contribution in [1.82, 2.24) is 9.88 Å². The normalized spacial score (nSPS) is 10.9. The summed E-state index contributed by atoms with van der Waals surface area (Å²) in [6.07, 6.45) is 3.72. The van der Waals surface area contributed by atoms with E-state index < -0.39 is 0 Å². The Morgan fingerprint density at radius 3 is 2.61 bits per heavy atom. The van der Waals surface area contributed by atoms with E-state index in [1.807, 2.05) is 12.4 Å². The summed E-state index contributed by atoms with van der Waals surface area (Å²) in [6.45, 7) is 3.98. The zero-order valence-corrected chi connectivity index (χ0v) is 12.3. The molecule has 0 radical (unpaired) electrons. The molecule has 0 saturated carbocycles. The van der Waals surface area contributed by atoms with Crippen LogP contribution in [-0.4, -0.2) is 16.9 Å². The fourth-order valence-corrected chi connectivity index (χ4v) is 2.44. The highest BCUT2D eigenvalue weighted by molar-refractivity contribution is 9.10. The van der Waals surface area contributed by atoms with Crippen LogP contribution in [0.1, 0.15) is 16.7 Å². The van der Waals surface area contributed by atoms with Crippen LogP contribution in [0.5, 0.6) is 0 Å². The van der Waals surface area contributed by atoms with Gasteiger partial charge in [-0.2, -0.15) is 0 Å². The van der Waals surface area contributed by atoms with Crippen LogP contribution in [0.3, 0.4) is 0 Å². The average Bonchev–Trinajstić information content (AvgIpc) is 2.28. The van der Waals surface area contributed by atoms with Crippen molar-refractivity contribution in [3.8, 4) is 0 Å². The third-order valence-corrected chi connectivity index (χ3v) is 3.18. The highest BCUT2D eigenvalue weighted by atomic mass is 79.9. The van der Waals surface area contributed by atoms with Crippen molar-refractivity contribution in [2.45, 2.75) is 20.0 Å². The topological polar surface area (TPSA) is 16.1 Å². The maximum atomic E-state index is 4.18. The van der Waals surface area contributed by atoms with Crippen LogP contribution in [0.15, 0.2) is 47.2 Å². The summed E-state index contributed by atoms with van der Waals surface area (Å²) in [7, 11) is 2.13. The number of pyridine rings is 1. The number of rotatable bonds is 4. The lowest BCUT2D eigenvalue weighted by atomic mass is 10.1. The first-order valence-corrected chi connectivity index (χ1v) is 6.76. The Labute approximate surface area is 117 Å². The van der Waals surface area contributed by atoms with Crippen molar-refractivity contribution >= 4 is 15.9 Å². The number of nitrogens with zero attached hydrogens (tertiary/aromatic N) is 2. The fraction of sp³-hybridized carbons (Fsp3) is 0.267. The molecule has 1 aromatic carbocycles. The number of benzene rings is 1. The van der Waals surface area contributed by atoms with Crippen LogP contribution in [0.2, 0.25) is 0 Å². The fourth-order valence-electron chi connectivity index (χ4n) is 2.03. The standard InChI is InChI=1S/C15H17BrN2/c1-12-4-3-5-13(6-12)10-18(2)11-14-7-15(16)9-17-8-14/h3-9H,10-11H2,1-2H3. The first kappa shape index (κ1) is 13.2. The van der Waals surface area contributed by atoms with Gasteiger partial charge in [0.25, 0.3) is 0 Å². The molecule has 0 aliphatic rings. The van der Waals surface area contributed by atoms with Gasteiger partial charge >= 0.3 is 0 Å².